The SMILES string of the molecule is CN1CCC(Oc2ccc(C(F)(F)F)cc2NC(=O)c2cccc3cc(Oc4ccnc5cc(OCCCN6CCOCC6)c([OH2+])cc45)ccc23)CC1. The van der Waals surface area contributed by atoms with Crippen molar-refractivity contribution in [1.29, 1.82) is 0 Å². The molecule has 2 aliphatic heterocycles. The molecule has 0 radical (unpaired) electrons. The smallest absolute Gasteiger partial charge is 0.416 e. The number of hydrogen-bond donors (Lipinski definition) is 1. The minimum Gasteiger partial charge on any atom is -0.591 e. The number of alkyl halides is 3. The normalized spacial score (nSPS) is 16.2. The summed E-state index contributed by atoms with van der Waals surface area (Å²) in [5.41, 5.74) is -0.0224. The van der Waals surface area contributed by atoms with Gasteiger partial charge in [0.05, 0.1) is 48.0 Å². The Morgan fingerprint density at radius 1 is 0.943 bits per heavy atom. The molecule has 0 unspecified atom stereocenters. The molecular weight excluding hydrogens is 689 g/mol. The van der Waals surface area contributed by atoms with Gasteiger partial charge in [-0.15, -0.1) is 0 Å². The number of benzene rings is 4. The first-order valence-corrected chi connectivity index (χ1v) is 17.8. The fourth-order valence-electron chi connectivity index (χ4n) is 6.68. The Balaban J connectivity index is 1.07. The topological polar surface area (TPSA) is 108 Å². The summed E-state index contributed by atoms with van der Waals surface area (Å²) >= 11 is 0. The van der Waals surface area contributed by atoms with E-state index in [0.29, 0.717) is 45.5 Å². The number of halogens is 3. The molecule has 7 rings (SSSR count). The maximum Gasteiger partial charge on any atom is 0.416 e. The van der Waals surface area contributed by atoms with Crippen LogP contribution in [0.25, 0.3) is 21.7 Å². The minimum atomic E-state index is -4.59. The lowest BCUT2D eigenvalue weighted by Gasteiger charge is -2.30. The summed E-state index contributed by atoms with van der Waals surface area (Å²) in [5, 5.41) is 13.2. The van der Waals surface area contributed by atoms with E-state index in [9.17, 15) is 18.0 Å². The fraction of sp³-hybridized carbons (Fsp3) is 0.350. The van der Waals surface area contributed by atoms with Crippen molar-refractivity contribution in [3.8, 4) is 28.7 Å². The summed E-state index contributed by atoms with van der Waals surface area (Å²) in [6.45, 7) is 6.33. The van der Waals surface area contributed by atoms with Gasteiger partial charge in [0.25, 0.3) is 11.7 Å². The number of morpholine rings is 1. The van der Waals surface area contributed by atoms with Crippen LogP contribution in [0.15, 0.2) is 79.0 Å². The van der Waals surface area contributed by atoms with Crippen LogP contribution in [0.3, 0.4) is 0 Å². The van der Waals surface area contributed by atoms with Crippen LogP contribution in [-0.4, -0.2) is 91.5 Å². The highest BCUT2D eigenvalue weighted by Crippen LogP contribution is 2.39. The second kappa shape index (κ2) is 15.9. The number of aromatic nitrogens is 1. The van der Waals surface area contributed by atoms with Crippen molar-refractivity contribution >= 4 is 33.3 Å². The van der Waals surface area contributed by atoms with E-state index in [0.717, 1.165) is 77.3 Å². The highest BCUT2D eigenvalue weighted by Gasteiger charge is 2.32. The van der Waals surface area contributed by atoms with Crippen molar-refractivity contribution in [2.45, 2.75) is 31.5 Å². The fourth-order valence-corrected chi connectivity index (χ4v) is 6.68. The number of fused-ring (bicyclic) bond motifs is 2. The second-order valence-electron chi connectivity index (χ2n) is 13.4. The monoisotopic (exact) mass is 731 g/mol. The summed E-state index contributed by atoms with van der Waals surface area (Å²) in [6, 6.07) is 18.7. The van der Waals surface area contributed by atoms with Gasteiger partial charge in [0.2, 0.25) is 5.75 Å². The van der Waals surface area contributed by atoms with Crippen LogP contribution in [0.5, 0.6) is 28.7 Å². The molecule has 278 valence electrons. The van der Waals surface area contributed by atoms with Crippen molar-refractivity contribution in [1.82, 2.24) is 14.8 Å². The number of likely N-dealkylation sites (tertiary alicyclic amines) is 1. The second-order valence-corrected chi connectivity index (χ2v) is 13.4. The van der Waals surface area contributed by atoms with Gasteiger partial charge in [-0.3, -0.25) is 14.7 Å². The molecule has 2 aliphatic rings. The Morgan fingerprint density at radius 2 is 1.75 bits per heavy atom. The van der Waals surface area contributed by atoms with E-state index in [2.05, 4.69) is 20.1 Å². The molecule has 0 atom stereocenters. The van der Waals surface area contributed by atoms with Crippen molar-refractivity contribution < 1.29 is 42.0 Å². The Labute approximate surface area is 305 Å². The van der Waals surface area contributed by atoms with Gasteiger partial charge in [-0.1, -0.05) is 12.1 Å². The third-order valence-corrected chi connectivity index (χ3v) is 9.62. The van der Waals surface area contributed by atoms with E-state index in [4.69, 9.17) is 24.1 Å². The lowest BCUT2D eigenvalue weighted by Crippen LogP contribution is -2.37. The maximum atomic E-state index is 13.7. The van der Waals surface area contributed by atoms with Gasteiger partial charge < -0.3 is 34.3 Å². The number of carbonyl (C=O) groups is 1. The molecule has 2 fully saturated rings. The van der Waals surface area contributed by atoms with Gasteiger partial charge in [0.15, 0.2) is 0 Å². The standard InChI is InChI=1S/C40H41F3N4O6/c1-46-15-11-28(12-16-46)52-37-9-6-27(40(41,42)43)23-34(37)45-39(49)31-5-2-4-26-22-29(7-8-30(26)31)53-36-10-13-44-33-25-38(35(48)24-32(33)36)51-19-3-14-47-17-20-50-21-18-47/h2,4-10,13,22-25,28,48H,3,11-12,14-21H2,1H3,(H,45,49)/p+1. The first-order valence-electron chi connectivity index (χ1n) is 17.8. The molecule has 2 saturated heterocycles. The Bertz CT molecular complexity index is 2080. The molecule has 0 bridgehead atoms. The molecular formula is C40H42F3N4O6+. The van der Waals surface area contributed by atoms with Crippen LogP contribution in [0, 0.1) is 0 Å². The largest absolute Gasteiger partial charge is 0.591 e. The van der Waals surface area contributed by atoms with Crippen molar-refractivity contribution in [2.75, 3.05) is 64.9 Å². The summed E-state index contributed by atoms with van der Waals surface area (Å²) < 4.78 is 64.9. The number of hydrogen-bond acceptors (Lipinski definition) is 8. The molecule has 1 amide bonds. The average Bonchev–Trinajstić information content (AvgIpc) is 3.15. The molecule has 0 saturated carbocycles. The third kappa shape index (κ3) is 8.75. The lowest BCUT2D eigenvalue weighted by atomic mass is 10.0. The number of piperidine rings is 1. The molecule has 13 heteroatoms. The number of ether oxygens (including phenoxy) is 4. The van der Waals surface area contributed by atoms with Crippen molar-refractivity contribution in [3.05, 3.63) is 90.1 Å². The minimum absolute atomic E-state index is 0.0411. The van der Waals surface area contributed by atoms with E-state index < -0.39 is 17.6 Å². The Morgan fingerprint density at radius 3 is 2.55 bits per heavy atom. The van der Waals surface area contributed by atoms with Gasteiger partial charge in [-0.25, -0.2) is 0 Å². The number of anilines is 1. The van der Waals surface area contributed by atoms with E-state index in [1.165, 1.54) is 6.07 Å². The number of nitrogens with zero attached hydrogens (tertiary/aromatic N) is 3. The molecule has 53 heavy (non-hydrogen) atoms. The predicted octanol–water partition coefficient (Wildman–Crippen LogP) is 7.46. The molecule has 0 spiro atoms. The quantitative estimate of drug-likeness (QED) is 0.110. The predicted molar refractivity (Wildman–Crippen MR) is 197 cm³/mol. The molecule has 3 heterocycles. The van der Waals surface area contributed by atoms with Crippen LogP contribution >= 0.6 is 0 Å². The van der Waals surface area contributed by atoms with Crippen LogP contribution in [0.4, 0.5) is 18.9 Å². The molecule has 10 nitrogen and oxygen atoms in total. The molecule has 5 aromatic rings. The van der Waals surface area contributed by atoms with E-state index in [1.54, 1.807) is 54.7 Å². The number of nitrogens with one attached hydrogen (secondary N) is 1. The maximum absolute atomic E-state index is 13.7. The van der Waals surface area contributed by atoms with Crippen molar-refractivity contribution in [2.24, 2.45) is 0 Å². The number of amides is 1. The summed E-state index contributed by atoms with van der Waals surface area (Å²) in [5.74, 6) is 1.28. The molecule has 0 aliphatic carbocycles. The zero-order valence-corrected chi connectivity index (χ0v) is 29.4. The summed E-state index contributed by atoms with van der Waals surface area (Å²) in [7, 11) is 2.01. The first kappa shape index (κ1) is 36.3. The lowest BCUT2D eigenvalue weighted by molar-refractivity contribution is -0.137. The Hall–Kier alpha value is -5.11. The van der Waals surface area contributed by atoms with Gasteiger partial charge in [0, 0.05) is 50.6 Å². The van der Waals surface area contributed by atoms with Gasteiger partial charge in [-0.05, 0) is 85.6 Å². The highest BCUT2D eigenvalue weighted by atomic mass is 19.4. The van der Waals surface area contributed by atoms with Crippen LogP contribution in [0.2, 0.25) is 0 Å². The van der Waals surface area contributed by atoms with Crippen LogP contribution in [-0.2, 0) is 10.9 Å². The summed E-state index contributed by atoms with van der Waals surface area (Å²) in [4.78, 5) is 22.7. The number of rotatable bonds is 11. The average molecular weight is 732 g/mol. The van der Waals surface area contributed by atoms with Crippen LogP contribution in [0.1, 0.15) is 35.2 Å². The third-order valence-electron chi connectivity index (χ3n) is 9.62. The highest BCUT2D eigenvalue weighted by molar-refractivity contribution is 6.13. The number of pyridine rings is 1. The molecule has 1 aromatic heterocycles. The zero-order chi connectivity index (χ0) is 37.0. The first-order chi connectivity index (χ1) is 25.6. The zero-order valence-electron chi connectivity index (χ0n) is 29.4. The van der Waals surface area contributed by atoms with E-state index in [-0.39, 0.29) is 28.9 Å². The van der Waals surface area contributed by atoms with Gasteiger partial charge in [0.1, 0.15) is 23.4 Å². The number of carbonyl (C=O) groups excluding carboxylic acids is 1. The summed E-state index contributed by atoms with van der Waals surface area (Å²) in [6.07, 6.45) is -0.855. The van der Waals surface area contributed by atoms with Gasteiger partial charge in [-0.2, -0.15) is 13.2 Å². The Kier molecular flexibility index (Phi) is 10.9. The van der Waals surface area contributed by atoms with E-state index >= 15 is 0 Å². The molecule has 4 aromatic carbocycles. The molecule has 3 N–H and O–H groups in total. The van der Waals surface area contributed by atoms with Gasteiger partial charge >= 0.3 is 6.18 Å². The van der Waals surface area contributed by atoms with Crippen LogP contribution < -0.4 is 19.5 Å². The van der Waals surface area contributed by atoms with E-state index in [1.807, 2.05) is 13.1 Å². The van der Waals surface area contributed by atoms with Crippen molar-refractivity contribution in [3.63, 3.8) is 0 Å².